The molecule has 0 bridgehead atoms. The number of methoxy groups -OCH3 is 1. The molecule has 0 N–H and O–H groups in total. The van der Waals surface area contributed by atoms with E-state index in [-0.39, 0.29) is 11.4 Å². The van der Waals surface area contributed by atoms with Crippen molar-refractivity contribution < 1.29 is 13.5 Å². The van der Waals surface area contributed by atoms with Gasteiger partial charge in [-0.15, -0.1) is 0 Å². The van der Waals surface area contributed by atoms with Crippen LogP contribution in [-0.4, -0.2) is 26.1 Å². The summed E-state index contributed by atoms with van der Waals surface area (Å²) in [6, 6.07) is 7.36. The Bertz CT molecular complexity index is 704. The fourth-order valence-corrected chi connectivity index (χ4v) is 2.65. The molecule has 2 aromatic carbocycles. The van der Waals surface area contributed by atoms with Gasteiger partial charge in [-0.25, -0.2) is 8.78 Å². The minimum Gasteiger partial charge on any atom is -0.496 e. The molecule has 2 rings (SSSR count). The fourth-order valence-electron chi connectivity index (χ4n) is 2.46. The molecule has 0 heterocycles. The van der Waals surface area contributed by atoms with Crippen molar-refractivity contribution in [2.45, 2.75) is 12.5 Å². The first-order chi connectivity index (χ1) is 10.9. The van der Waals surface area contributed by atoms with Gasteiger partial charge < -0.3 is 9.64 Å². The van der Waals surface area contributed by atoms with Crippen LogP contribution in [0.25, 0.3) is 0 Å². The molecule has 0 fully saturated rings. The summed E-state index contributed by atoms with van der Waals surface area (Å²) in [5, 5.41) is 0.0622. The molecular weight excluding hydrogens is 320 g/mol. The molecule has 1 atom stereocenters. The predicted molar refractivity (Wildman–Crippen MR) is 89.0 cm³/mol. The van der Waals surface area contributed by atoms with E-state index in [1.54, 1.807) is 37.2 Å². The minimum absolute atomic E-state index is 0.0622. The van der Waals surface area contributed by atoms with E-state index in [0.29, 0.717) is 22.4 Å². The molecule has 1 radical (unpaired) electrons. The lowest BCUT2D eigenvalue weighted by molar-refractivity contribution is 0.321. The molecule has 2 nitrogen and oxygen atoms in total. The van der Waals surface area contributed by atoms with Crippen LogP contribution in [0.1, 0.15) is 22.7 Å². The summed E-state index contributed by atoms with van der Waals surface area (Å²) in [4.78, 5) is 1.78. The molecule has 0 saturated carbocycles. The largest absolute Gasteiger partial charge is 0.496 e. The fraction of sp³-hybridized carbons (Fsp3) is 0.278. The lowest BCUT2D eigenvalue weighted by Gasteiger charge is -2.24. The van der Waals surface area contributed by atoms with Crippen molar-refractivity contribution in [3.8, 4) is 5.75 Å². The van der Waals surface area contributed by atoms with Crippen molar-refractivity contribution >= 4 is 11.6 Å². The third-order valence-corrected chi connectivity index (χ3v) is 4.09. The molecule has 5 heteroatoms. The number of ether oxygens (including phenoxy) is 1. The number of hydrogen-bond donors (Lipinski definition) is 0. The van der Waals surface area contributed by atoms with Crippen molar-refractivity contribution in [2.24, 2.45) is 0 Å². The number of nitrogens with zero attached hydrogens (tertiary/aromatic N) is 1. The smallest absolute Gasteiger partial charge is 0.145 e. The van der Waals surface area contributed by atoms with Gasteiger partial charge in [-0.3, -0.25) is 0 Å². The quantitative estimate of drug-likeness (QED) is 0.786. The Morgan fingerprint density at radius 3 is 2.48 bits per heavy atom. The van der Waals surface area contributed by atoms with Gasteiger partial charge >= 0.3 is 0 Å². The highest BCUT2D eigenvalue weighted by atomic mass is 35.5. The lowest BCUT2D eigenvalue weighted by Crippen LogP contribution is -2.19. The number of benzene rings is 2. The van der Waals surface area contributed by atoms with Gasteiger partial charge in [0.25, 0.3) is 0 Å². The van der Waals surface area contributed by atoms with E-state index in [4.69, 9.17) is 16.3 Å². The average molecular weight is 339 g/mol. The molecular formula is C18H19ClF2NO. The van der Waals surface area contributed by atoms with Gasteiger partial charge in [0.15, 0.2) is 0 Å². The molecule has 0 spiro atoms. The predicted octanol–water partition coefficient (Wildman–Crippen LogP) is 4.65. The maximum absolute atomic E-state index is 14.3. The van der Waals surface area contributed by atoms with Crippen LogP contribution in [0.5, 0.6) is 5.75 Å². The first-order valence-corrected chi connectivity index (χ1v) is 7.52. The Hall–Kier alpha value is -1.65. The minimum atomic E-state index is -0.471. The van der Waals surface area contributed by atoms with E-state index >= 15 is 0 Å². The standard InChI is InChI=1S/C18H19ClF2NO/c1-11(22(2)3)16-15(20)9-8-13(18(16)23-4)10-12-6-5-7-14(19)17(12)21/h5-9,11H,1,10H2,2-4H3. The molecule has 0 aliphatic heterocycles. The van der Waals surface area contributed by atoms with Crippen LogP contribution in [0, 0.1) is 18.6 Å². The third kappa shape index (κ3) is 3.65. The van der Waals surface area contributed by atoms with Crippen LogP contribution in [0.2, 0.25) is 5.02 Å². The summed E-state index contributed by atoms with van der Waals surface area (Å²) >= 11 is 5.82. The van der Waals surface area contributed by atoms with Crippen molar-refractivity contribution in [3.63, 3.8) is 0 Å². The Balaban J connectivity index is 2.51. The summed E-state index contributed by atoms with van der Waals surface area (Å²) in [5.74, 6) is -0.482. The number of rotatable bonds is 5. The third-order valence-electron chi connectivity index (χ3n) is 3.80. The Kier molecular flexibility index (Phi) is 5.60. The topological polar surface area (TPSA) is 12.5 Å². The second-order valence-corrected chi connectivity index (χ2v) is 5.93. The van der Waals surface area contributed by atoms with Crippen LogP contribution in [-0.2, 0) is 6.42 Å². The van der Waals surface area contributed by atoms with Gasteiger partial charge in [-0.05, 0) is 44.3 Å². The van der Waals surface area contributed by atoms with E-state index in [0.717, 1.165) is 0 Å². The zero-order chi connectivity index (χ0) is 17.1. The van der Waals surface area contributed by atoms with Crippen molar-refractivity contribution in [1.82, 2.24) is 4.90 Å². The van der Waals surface area contributed by atoms with Gasteiger partial charge in [0.05, 0.1) is 12.1 Å². The zero-order valence-corrected chi connectivity index (χ0v) is 14.1. The molecule has 2 aromatic rings. The SMILES string of the molecule is [CH2]C(c1c(F)ccc(Cc2cccc(Cl)c2F)c1OC)N(C)C. The highest BCUT2D eigenvalue weighted by molar-refractivity contribution is 6.30. The van der Waals surface area contributed by atoms with Crippen LogP contribution < -0.4 is 4.74 Å². The first-order valence-electron chi connectivity index (χ1n) is 7.14. The van der Waals surface area contributed by atoms with Gasteiger partial charge in [-0.1, -0.05) is 29.8 Å². The average Bonchev–Trinajstić information content (AvgIpc) is 2.52. The van der Waals surface area contributed by atoms with Crippen molar-refractivity contribution in [2.75, 3.05) is 21.2 Å². The van der Waals surface area contributed by atoms with Crippen LogP contribution >= 0.6 is 11.6 Å². The van der Waals surface area contributed by atoms with Crippen LogP contribution in [0.3, 0.4) is 0 Å². The summed E-state index contributed by atoms with van der Waals surface area (Å²) in [6.45, 7) is 3.97. The molecule has 0 saturated heterocycles. The van der Waals surface area contributed by atoms with Gasteiger partial charge in [0.1, 0.15) is 17.4 Å². The molecule has 0 aliphatic carbocycles. The Morgan fingerprint density at radius 1 is 1.17 bits per heavy atom. The van der Waals surface area contributed by atoms with Crippen molar-refractivity contribution in [3.05, 3.63) is 70.6 Å². The highest BCUT2D eigenvalue weighted by Crippen LogP contribution is 2.35. The van der Waals surface area contributed by atoms with Gasteiger partial charge in [-0.2, -0.15) is 0 Å². The molecule has 0 amide bonds. The summed E-state index contributed by atoms with van der Waals surface area (Å²) in [7, 11) is 5.08. The highest BCUT2D eigenvalue weighted by Gasteiger charge is 2.22. The maximum atomic E-state index is 14.3. The van der Waals surface area contributed by atoms with Crippen molar-refractivity contribution in [1.29, 1.82) is 0 Å². The monoisotopic (exact) mass is 338 g/mol. The Morgan fingerprint density at radius 2 is 1.87 bits per heavy atom. The molecule has 1 unspecified atom stereocenters. The molecule has 0 aliphatic rings. The molecule has 0 aromatic heterocycles. The second-order valence-electron chi connectivity index (χ2n) is 5.52. The van der Waals surface area contributed by atoms with E-state index in [1.807, 2.05) is 0 Å². The van der Waals surface area contributed by atoms with Gasteiger partial charge in [0, 0.05) is 18.0 Å². The van der Waals surface area contributed by atoms with E-state index in [2.05, 4.69) is 6.92 Å². The van der Waals surface area contributed by atoms with E-state index in [9.17, 15) is 8.78 Å². The van der Waals surface area contributed by atoms with E-state index in [1.165, 1.54) is 19.2 Å². The summed E-state index contributed by atoms with van der Waals surface area (Å²) in [5.41, 5.74) is 1.47. The van der Waals surface area contributed by atoms with Gasteiger partial charge in [0.2, 0.25) is 0 Å². The number of hydrogen-bond acceptors (Lipinski definition) is 2. The van der Waals surface area contributed by atoms with E-state index < -0.39 is 17.7 Å². The number of halogens is 3. The summed E-state index contributed by atoms with van der Waals surface area (Å²) < 4.78 is 33.8. The summed E-state index contributed by atoms with van der Waals surface area (Å²) in [6.07, 6.45) is 0.253. The lowest BCUT2D eigenvalue weighted by atomic mass is 9.97. The normalized spacial score (nSPS) is 12.5. The Labute approximate surface area is 140 Å². The second kappa shape index (κ2) is 7.28. The molecule has 23 heavy (non-hydrogen) atoms. The zero-order valence-electron chi connectivity index (χ0n) is 13.4. The molecule has 123 valence electrons. The van der Waals surface area contributed by atoms with Crippen LogP contribution in [0.4, 0.5) is 8.78 Å². The van der Waals surface area contributed by atoms with Crippen LogP contribution in [0.15, 0.2) is 30.3 Å². The maximum Gasteiger partial charge on any atom is 0.145 e. The first kappa shape index (κ1) is 17.7.